The summed E-state index contributed by atoms with van der Waals surface area (Å²) in [4.78, 5) is 11.5. The lowest BCUT2D eigenvalue weighted by molar-refractivity contribution is -0.139. The number of aliphatic hydroxyl groups is 1. The lowest BCUT2D eigenvalue weighted by Crippen LogP contribution is -2.12. The second-order valence-electron chi connectivity index (χ2n) is 3.61. The largest absolute Gasteiger partial charge is 0.507 e. The summed E-state index contributed by atoms with van der Waals surface area (Å²) < 4.78 is 5.06. The van der Waals surface area contributed by atoms with Gasteiger partial charge in [0, 0.05) is 0 Å². The van der Waals surface area contributed by atoms with Crippen molar-refractivity contribution in [1.29, 1.82) is 0 Å². The molecule has 0 aromatic carbocycles. The van der Waals surface area contributed by atoms with Crippen molar-refractivity contribution in [3.05, 3.63) is 35.6 Å². The maximum atomic E-state index is 11.5. The van der Waals surface area contributed by atoms with Gasteiger partial charge in [-0.05, 0) is 31.8 Å². The Labute approximate surface area is 96.1 Å². The molecular formula is C13H18O3. The molecule has 0 aromatic heterocycles. The lowest BCUT2D eigenvalue weighted by Gasteiger charge is -2.10. The van der Waals surface area contributed by atoms with Crippen molar-refractivity contribution in [3.8, 4) is 0 Å². The molecule has 3 heteroatoms. The van der Waals surface area contributed by atoms with Gasteiger partial charge in [0.05, 0.1) is 12.2 Å². The number of allylic oxidation sites excluding steroid dienone is 3. The molecule has 1 N–H and O–H groups in total. The second-order valence-corrected chi connectivity index (χ2v) is 3.61. The molecule has 0 radical (unpaired) electrons. The van der Waals surface area contributed by atoms with E-state index in [1.165, 1.54) is 0 Å². The number of hydrogen-bond donors (Lipinski definition) is 1. The van der Waals surface area contributed by atoms with Crippen LogP contribution in [0.1, 0.15) is 32.6 Å². The summed E-state index contributed by atoms with van der Waals surface area (Å²) >= 11 is 0. The first-order valence-corrected chi connectivity index (χ1v) is 5.66. The standard InChI is InChI=1S/C13H18O3/c1-2-3-4-7-10-16-13(15)11-8-5-6-9-12(11)14/h3-4,6,9,14H,2,5,7-8,10H2,1H3/b4-3-. The van der Waals surface area contributed by atoms with Gasteiger partial charge < -0.3 is 9.84 Å². The molecule has 1 aliphatic rings. The van der Waals surface area contributed by atoms with Gasteiger partial charge in [0.25, 0.3) is 0 Å². The minimum Gasteiger partial charge on any atom is -0.507 e. The summed E-state index contributed by atoms with van der Waals surface area (Å²) in [5, 5.41) is 9.46. The number of hydrogen-bond acceptors (Lipinski definition) is 3. The van der Waals surface area contributed by atoms with Crippen LogP contribution in [0.2, 0.25) is 0 Å². The van der Waals surface area contributed by atoms with Crippen LogP contribution in [0.4, 0.5) is 0 Å². The van der Waals surface area contributed by atoms with E-state index in [9.17, 15) is 9.90 Å². The van der Waals surface area contributed by atoms with Gasteiger partial charge in [0.15, 0.2) is 0 Å². The van der Waals surface area contributed by atoms with Gasteiger partial charge in [0.2, 0.25) is 0 Å². The van der Waals surface area contributed by atoms with Crippen molar-refractivity contribution in [1.82, 2.24) is 0 Å². The smallest absolute Gasteiger partial charge is 0.337 e. The van der Waals surface area contributed by atoms with E-state index in [0.29, 0.717) is 18.6 Å². The molecular weight excluding hydrogens is 204 g/mol. The SMILES string of the molecule is CC/C=C\CCOC(=O)C1=C(O)C=CCC1. The zero-order valence-corrected chi connectivity index (χ0v) is 9.61. The quantitative estimate of drug-likeness (QED) is 0.442. The molecule has 0 unspecified atom stereocenters. The van der Waals surface area contributed by atoms with Crippen LogP contribution in [0.3, 0.4) is 0 Å². The van der Waals surface area contributed by atoms with Gasteiger partial charge in [0.1, 0.15) is 5.76 Å². The van der Waals surface area contributed by atoms with Gasteiger partial charge in [-0.2, -0.15) is 0 Å². The summed E-state index contributed by atoms with van der Waals surface area (Å²) in [5.41, 5.74) is 0.391. The molecule has 0 aromatic rings. The summed E-state index contributed by atoms with van der Waals surface area (Å²) in [5.74, 6) is -0.355. The fraction of sp³-hybridized carbons (Fsp3) is 0.462. The van der Waals surface area contributed by atoms with Crippen molar-refractivity contribution in [2.45, 2.75) is 32.6 Å². The van der Waals surface area contributed by atoms with E-state index < -0.39 is 5.97 Å². The van der Waals surface area contributed by atoms with Crippen LogP contribution in [0.15, 0.2) is 35.6 Å². The Morgan fingerprint density at radius 1 is 1.56 bits per heavy atom. The first-order chi connectivity index (χ1) is 7.75. The molecule has 0 atom stereocenters. The zero-order chi connectivity index (χ0) is 11.8. The third kappa shape index (κ3) is 3.93. The van der Waals surface area contributed by atoms with Crippen LogP contribution in [0.25, 0.3) is 0 Å². The maximum Gasteiger partial charge on any atom is 0.337 e. The number of aliphatic hydroxyl groups excluding tert-OH is 1. The molecule has 0 heterocycles. The molecule has 0 saturated heterocycles. The Morgan fingerprint density at radius 2 is 2.38 bits per heavy atom. The highest BCUT2D eigenvalue weighted by molar-refractivity contribution is 5.89. The molecule has 0 aliphatic heterocycles. The van der Waals surface area contributed by atoms with Gasteiger partial charge in [-0.15, -0.1) is 0 Å². The molecule has 1 rings (SSSR count). The Balaban J connectivity index is 2.35. The van der Waals surface area contributed by atoms with Crippen LogP contribution in [0, 0.1) is 0 Å². The highest BCUT2D eigenvalue weighted by atomic mass is 16.5. The van der Waals surface area contributed by atoms with Crippen molar-refractivity contribution < 1.29 is 14.6 Å². The van der Waals surface area contributed by atoms with Crippen LogP contribution < -0.4 is 0 Å². The van der Waals surface area contributed by atoms with Crippen molar-refractivity contribution in [2.75, 3.05) is 6.61 Å². The normalized spacial score (nSPS) is 15.8. The number of carbonyl (C=O) groups excluding carboxylic acids is 1. The zero-order valence-electron chi connectivity index (χ0n) is 9.61. The average molecular weight is 222 g/mol. The molecule has 0 bridgehead atoms. The number of carbonyl (C=O) groups is 1. The Morgan fingerprint density at radius 3 is 3.06 bits per heavy atom. The second kappa shape index (κ2) is 6.88. The van der Waals surface area contributed by atoms with E-state index in [0.717, 1.165) is 19.3 Å². The van der Waals surface area contributed by atoms with Gasteiger partial charge in [-0.1, -0.05) is 25.2 Å². The molecule has 0 saturated carbocycles. The summed E-state index contributed by atoms with van der Waals surface area (Å²) in [6.45, 7) is 2.43. The highest BCUT2D eigenvalue weighted by Gasteiger charge is 2.16. The maximum absolute atomic E-state index is 11.5. The van der Waals surface area contributed by atoms with Crippen molar-refractivity contribution >= 4 is 5.97 Å². The molecule has 88 valence electrons. The summed E-state index contributed by atoms with van der Waals surface area (Å²) in [6, 6.07) is 0. The average Bonchev–Trinajstić information content (AvgIpc) is 2.29. The number of rotatable bonds is 5. The molecule has 0 fully saturated rings. The summed E-state index contributed by atoms with van der Waals surface area (Å²) in [6.07, 6.45) is 10.5. The van der Waals surface area contributed by atoms with E-state index in [1.807, 2.05) is 18.2 Å². The first kappa shape index (κ1) is 12.6. The fourth-order valence-electron chi connectivity index (χ4n) is 1.45. The molecule has 16 heavy (non-hydrogen) atoms. The predicted molar refractivity (Wildman–Crippen MR) is 63.0 cm³/mol. The molecule has 0 amide bonds. The number of esters is 1. The van der Waals surface area contributed by atoms with E-state index >= 15 is 0 Å². The fourth-order valence-corrected chi connectivity index (χ4v) is 1.45. The Bertz CT molecular complexity index is 324. The van der Waals surface area contributed by atoms with Gasteiger partial charge in [-0.25, -0.2) is 4.79 Å². The van der Waals surface area contributed by atoms with Crippen LogP contribution in [-0.4, -0.2) is 17.7 Å². The topological polar surface area (TPSA) is 46.5 Å². The monoisotopic (exact) mass is 222 g/mol. The van der Waals surface area contributed by atoms with Gasteiger partial charge >= 0.3 is 5.97 Å². The lowest BCUT2D eigenvalue weighted by atomic mass is 10.0. The van der Waals surface area contributed by atoms with Crippen molar-refractivity contribution in [3.63, 3.8) is 0 Å². The third-order valence-corrected chi connectivity index (χ3v) is 2.31. The minimum absolute atomic E-state index is 0.0420. The van der Waals surface area contributed by atoms with E-state index in [4.69, 9.17) is 4.74 Å². The van der Waals surface area contributed by atoms with Gasteiger partial charge in [-0.3, -0.25) is 0 Å². The predicted octanol–water partition coefficient (Wildman–Crippen LogP) is 3.05. The van der Waals surface area contributed by atoms with Crippen LogP contribution in [-0.2, 0) is 9.53 Å². The molecule has 3 nitrogen and oxygen atoms in total. The van der Waals surface area contributed by atoms with Crippen LogP contribution in [0.5, 0.6) is 0 Å². The minimum atomic E-state index is -0.397. The van der Waals surface area contributed by atoms with E-state index in [2.05, 4.69) is 6.92 Å². The van der Waals surface area contributed by atoms with Crippen molar-refractivity contribution in [2.24, 2.45) is 0 Å². The summed E-state index contributed by atoms with van der Waals surface area (Å²) in [7, 11) is 0. The molecule has 1 aliphatic carbocycles. The molecule has 0 spiro atoms. The van der Waals surface area contributed by atoms with E-state index in [-0.39, 0.29) is 5.76 Å². The van der Waals surface area contributed by atoms with Crippen LogP contribution >= 0.6 is 0 Å². The Kier molecular flexibility index (Phi) is 5.40. The number of ether oxygens (including phenoxy) is 1. The third-order valence-electron chi connectivity index (χ3n) is 2.31. The highest BCUT2D eigenvalue weighted by Crippen LogP contribution is 2.18. The Hall–Kier alpha value is -1.51. The van der Waals surface area contributed by atoms with E-state index in [1.54, 1.807) is 6.08 Å². The first-order valence-electron chi connectivity index (χ1n) is 5.66.